The van der Waals surface area contributed by atoms with Gasteiger partial charge in [0, 0.05) is 43.0 Å². The molecule has 2 aromatic rings. The molecule has 0 saturated carbocycles. The van der Waals surface area contributed by atoms with Crippen molar-refractivity contribution in [2.45, 2.75) is 45.3 Å². The predicted molar refractivity (Wildman–Crippen MR) is 107 cm³/mol. The Morgan fingerprint density at radius 1 is 1.26 bits per heavy atom. The molecule has 1 aromatic heterocycles. The van der Waals surface area contributed by atoms with Crippen LogP contribution in [0.25, 0.3) is 11.0 Å². The monoisotopic (exact) mass is 370 g/mol. The van der Waals surface area contributed by atoms with Gasteiger partial charge in [-0.05, 0) is 62.5 Å². The van der Waals surface area contributed by atoms with Crippen molar-refractivity contribution in [1.29, 1.82) is 0 Å². The standard InChI is InChI=1S/C22H30N2O3/c1-3-16-5-6-19-18(11-16)17(12-21(26)27-19)13-24-9-4-8-22(15-24)14-23(2)10-7-20(22)25/h5-6,11-12,20,25H,3-4,7-10,13-15H2,1-2H3/t20-,22-/m0/s1. The SMILES string of the molecule is CCc1ccc2oc(=O)cc(CN3CCC[C@]4(CN(C)CC[C@@H]4O)C3)c2c1. The van der Waals surface area contributed by atoms with E-state index in [1.54, 1.807) is 6.07 Å². The molecule has 1 spiro atoms. The molecule has 0 aliphatic carbocycles. The van der Waals surface area contributed by atoms with Gasteiger partial charge < -0.3 is 14.4 Å². The fraction of sp³-hybridized carbons (Fsp3) is 0.591. The summed E-state index contributed by atoms with van der Waals surface area (Å²) in [5.74, 6) is 0. The molecule has 0 amide bonds. The lowest BCUT2D eigenvalue weighted by atomic mass is 9.71. The number of hydrogen-bond acceptors (Lipinski definition) is 5. The average molecular weight is 370 g/mol. The first-order chi connectivity index (χ1) is 13.0. The molecule has 0 radical (unpaired) electrons. The molecule has 27 heavy (non-hydrogen) atoms. The first-order valence-corrected chi connectivity index (χ1v) is 10.1. The van der Waals surface area contributed by atoms with Crippen LogP contribution >= 0.6 is 0 Å². The lowest BCUT2D eigenvalue weighted by Gasteiger charge is -2.50. The lowest BCUT2D eigenvalue weighted by Crippen LogP contribution is -2.58. The minimum atomic E-state index is -0.286. The van der Waals surface area contributed by atoms with E-state index in [0.717, 1.165) is 69.4 Å². The molecule has 146 valence electrons. The molecular formula is C22H30N2O3. The van der Waals surface area contributed by atoms with E-state index in [1.165, 1.54) is 5.56 Å². The zero-order chi connectivity index (χ0) is 19.0. The van der Waals surface area contributed by atoms with E-state index in [-0.39, 0.29) is 17.1 Å². The molecule has 1 aromatic carbocycles. The van der Waals surface area contributed by atoms with E-state index in [9.17, 15) is 9.90 Å². The summed E-state index contributed by atoms with van der Waals surface area (Å²) < 4.78 is 5.41. The lowest BCUT2D eigenvalue weighted by molar-refractivity contribution is -0.0807. The van der Waals surface area contributed by atoms with Crippen molar-refractivity contribution in [2.75, 3.05) is 33.2 Å². The number of fused-ring (bicyclic) bond motifs is 1. The van der Waals surface area contributed by atoms with Crippen LogP contribution in [0.1, 0.15) is 37.3 Å². The molecule has 2 fully saturated rings. The first-order valence-electron chi connectivity index (χ1n) is 10.1. The van der Waals surface area contributed by atoms with Gasteiger partial charge in [0.2, 0.25) is 0 Å². The van der Waals surface area contributed by atoms with Crippen molar-refractivity contribution in [1.82, 2.24) is 9.80 Å². The highest BCUT2D eigenvalue weighted by Gasteiger charge is 2.44. The Bertz CT molecular complexity index is 877. The van der Waals surface area contributed by atoms with Crippen LogP contribution in [0.15, 0.2) is 33.5 Å². The summed E-state index contributed by atoms with van der Waals surface area (Å²) in [6.45, 7) is 6.67. The van der Waals surface area contributed by atoms with Crippen LogP contribution in [0.2, 0.25) is 0 Å². The minimum Gasteiger partial charge on any atom is -0.423 e. The molecule has 4 rings (SSSR count). The molecule has 1 N–H and O–H groups in total. The fourth-order valence-corrected chi connectivity index (χ4v) is 5.03. The zero-order valence-corrected chi connectivity index (χ0v) is 16.4. The van der Waals surface area contributed by atoms with Gasteiger partial charge in [-0.25, -0.2) is 4.79 Å². The molecular weight excluding hydrogens is 340 g/mol. The second-order valence-electron chi connectivity index (χ2n) is 8.49. The maximum atomic E-state index is 12.1. The van der Waals surface area contributed by atoms with E-state index in [1.807, 2.05) is 12.1 Å². The largest absolute Gasteiger partial charge is 0.423 e. The zero-order valence-electron chi connectivity index (χ0n) is 16.4. The summed E-state index contributed by atoms with van der Waals surface area (Å²) in [4.78, 5) is 16.8. The smallest absolute Gasteiger partial charge is 0.336 e. The number of rotatable bonds is 3. The van der Waals surface area contributed by atoms with Gasteiger partial charge in [-0.3, -0.25) is 4.90 Å². The van der Waals surface area contributed by atoms with E-state index in [0.29, 0.717) is 5.58 Å². The Hall–Kier alpha value is -1.69. The van der Waals surface area contributed by atoms with Crippen molar-refractivity contribution >= 4 is 11.0 Å². The maximum absolute atomic E-state index is 12.1. The van der Waals surface area contributed by atoms with Gasteiger partial charge in [0.05, 0.1) is 6.10 Å². The van der Waals surface area contributed by atoms with Gasteiger partial charge in [-0.1, -0.05) is 13.0 Å². The van der Waals surface area contributed by atoms with Crippen molar-refractivity contribution in [2.24, 2.45) is 5.41 Å². The van der Waals surface area contributed by atoms with E-state index >= 15 is 0 Å². The summed E-state index contributed by atoms with van der Waals surface area (Å²) in [5.41, 5.74) is 2.61. The van der Waals surface area contributed by atoms with Crippen LogP contribution in [0.5, 0.6) is 0 Å². The molecule has 2 saturated heterocycles. The van der Waals surface area contributed by atoms with E-state index in [2.05, 4.69) is 29.8 Å². The number of nitrogens with zero attached hydrogens (tertiary/aromatic N) is 2. The van der Waals surface area contributed by atoms with Crippen molar-refractivity contribution in [3.8, 4) is 0 Å². The quantitative estimate of drug-likeness (QED) is 0.842. The average Bonchev–Trinajstić information content (AvgIpc) is 2.65. The Morgan fingerprint density at radius 3 is 2.93 bits per heavy atom. The second-order valence-corrected chi connectivity index (χ2v) is 8.49. The van der Waals surface area contributed by atoms with Crippen LogP contribution in [0, 0.1) is 5.41 Å². The third-order valence-corrected chi connectivity index (χ3v) is 6.46. The third kappa shape index (κ3) is 3.68. The Balaban J connectivity index is 1.63. The molecule has 0 unspecified atom stereocenters. The highest BCUT2D eigenvalue weighted by atomic mass is 16.4. The molecule has 3 heterocycles. The summed E-state index contributed by atoms with van der Waals surface area (Å²) in [7, 11) is 2.15. The second kappa shape index (κ2) is 7.38. The number of aryl methyl sites for hydroxylation is 1. The third-order valence-electron chi connectivity index (χ3n) is 6.46. The number of likely N-dealkylation sites (tertiary alicyclic amines) is 2. The number of hydrogen-bond donors (Lipinski definition) is 1. The van der Waals surface area contributed by atoms with Crippen molar-refractivity contribution in [3.05, 3.63) is 45.8 Å². The molecule has 2 aliphatic rings. The Labute approximate surface area is 160 Å². The summed E-state index contributed by atoms with van der Waals surface area (Å²) >= 11 is 0. The number of piperidine rings is 2. The van der Waals surface area contributed by atoms with Crippen molar-refractivity contribution in [3.63, 3.8) is 0 Å². The van der Waals surface area contributed by atoms with E-state index in [4.69, 9.17) is 4.42 Å². The van der Waals surface area contributed by atoms with Gasteiger partial charge in [0.1, 0.15) is 5.58 Å². The molecule has 5 heteroatoms. The fourth-order valence-electron chi connectivity index (χ4n) is 5.03. The molecule has 5 nitrogen and oxygen atoms in total. The summed E-state index contributed by atoms with van der Waals surface area (Å²) in [6, 6.07) is 7.73. The van der Waals surface area contributed by atoms with Crippen LogP contribution < -0.4 is 5.63 Å². The van der Waals surface area contributed by atoms with Gasteiger partial charge in [0.25, 0.3) is 0 Å². The van der Waals surface area contributed by atoms with Crippen LogP contribution in [-0.4, -0.2) is 54.2 Å². The van der Waals surface area contributed by atoms with Crippen LogP contribution in [0.4, 0.5) is 0 Å². The van der Waals surface area contributed by atoms with Crippen LogP contribution in [0.3, 0.4) is 0 Å². The predicted octanol–water partition coefficient (Wildman–Crippen LogP) is 2.63. The molecule has 2 aliphatic heterocycles. The molecule has 2 atom stereocenters. The molecule has 0 bridgehead atoms. The van der Waals surface area contributed by atoms with Gasteiger partial charge in [-0.15, -0.1) is 0 Å². The maximum Gasteiger partial charge on any atom is 0.336 e. The number of aliphatic hydroxyl groups excluding tert-OH is 1. The van der Waals surface area contributed by atoms with Crippen LogP contribution in [-0.2, 0) is 13.0 Å². The Morgan fingerprint density at radius 2 is 2.11 bits per heavy atom. The number of benzene rings is 1. The highest BCUT2D eigenvalue weighted by molar-refractivity contribution is 5.80. The highest BCUT2D eigenvalue weighted by Crippen LogP contribution is 2.39. The van der Waals surface area contributed by atoms with Gasteiger partial charge >= 0.3 is 5.63 Å². The summed E-state index contributed by atoms with van der Waals surface area (Å²) in [6.07, 6.45) is 3.74. The number of aliphatic hydroxyl groups is 1. The summed E-state index contributed by atoms with van der Waals surface area (Å²) in [5, 5.41) is 11.8. The van der Waals surface area contributed by atoms with Crippen molar-refractivity contribution < 1.29 is 9.52 Å². The minimum absolute atomic E-state index is 0.0465. The van der Waals surface area contributed by atoms with Gasteiger partial charge in [-0.2, -0.15) is 0 Å². The first kappa shape index (κ1) is 18.7. The van der Waals surface area contributed by atoms with Gasteiger partial charge in [0.15, 0.2) is 0 Å². The van der Waals surface area contributed by atoms with E-state index < -0.39 is 0 Å². The topological polar surface area (TPSA) is 56.9 Å². The Kier molecular flexibility index (Phi) is 5.10. The normalized spacial score (nSPS) is 27.4.